The predicted molar refractivity (Wildman–Crippen MR) is 40.7 cm³/mol. The van der Waals surface area contributed by atoms with Gasteiger partial charge < -0.3 is 14.7 Å². The molecule has 1 N–H and O–H groups in total. The van der Waals surface area contributed by atoms with E-state index in [9.17, 15) is 4.79 Å². The van der Waals surface area contributed by atoms with E-state index >= 15 is 0 Å². The van der Waals surface area contributed by atoms with Crippen LogP contribution in [0.5, 0.6) is 0 Å². The van der Waals surface area contributed by atoms with Crippen molar-refractivity contribution < 1.29 is 9.90 Å². The van der Waals surface area contributed by atoms with E-state index in [1.165, 1.54) is 0 Å². The zero-order valence-electron chi connectivity index (χ0n) is 5.99. The first kappa shape index (κ1) is 7.76. The van der Waals surface area contributed by atoms with Gasteiger partial charge in [0.05, 0.1) is 12.3 Å². The lowest BCUT2D eigenvalue weighted by molar-refractivity contribution is 0.113. The first-order valence-electron chi connectivity index (χ1n) is 3.67. The third-order valence-corrected chi connectivity index (χ3v) is 1.89. The Labute approximate surface area is 61.3 Å². The van der Waals surface area contributed by atoms with Crippen LogP contribution in [0.1, 0.15) is 12.8 Å². The van der Waals surface area contributed by atoms with Gasteiger partial charge in [0.2, 0.25) is 0 Å². The van der Waals surface area contributed by atoms with Crippen LogP contribution in [0.4, 0.5) is 0 Å². The molecule has 0 unspecified atom stereocenters. The molecule has 0 atom stereocenters. The lowest BCUT2D eigenvalue weighted by Gasteiger charge is -2.27. The molecule has 1 fully saturated rings. The van der Waals surface area contributed by atoms with Crippen molar-refractivity contribution >= 4 is 13.6 Å². The van der Waals surface area contributed by atoms with Gasteiger partial charge in [-0.1, -0.05) is 0 Å². The summed E-state index contributed by atoms with van der Waals surface area (Å²) >= 11 is 0. The van der Waals surface area contributed by atoms with Gasteiger partial charge in [-0.05, 0) is 25.9 Å². The summed E-state index contributed by atoms with van der Waals surface area (Å²) in [6.07, 6.45) is 2.40. The van der Waals surface area contributed by atoms with Crippen molar-refractivity contribution in [3.63, 3.8) is 0 Å². The topological polar surface area (TPSA) is 40.5 Å². The van der Waals surface area contributed by atoms with Crippen LogP contribution in [0.15, 0.2) is 0 Å². The molecule has 1 rings (SSSR count). The van der Waals surface area contributed by atoms with Crippen LogP contribution < -0.4 is 0 Å². The Kier molecular flexibility index (Phi) is 2.90. The number of aliphatic hydroxyl groups excluding tert-OH is 1. The first-order valence-corrected chi connectivity index (χ1v) is 3.67. The summed E-state index contributed by atoms with van der Waals surface area (Å²) in [6, 6.07) is 0. The summed E-state index contributed by atoms with van der Waals surface area (Å²) in [7, 11) is 0.521. The van der Waals surface area contributed by atoms with E-state index in [1.54, 1.807) is 0 Å². The fourth-order valence-electron chi connectivity index (χ4n) is 1.21. The van der Waals surface area contributed by atoms with Crippen molar-refractivity contribution in [1.29, 1.82) is 0 Å². The summed E-state index contributed by atoms with van der Waals surface area (Å²) in [4.78, 5) is 12.1. The van der Waals surface area contributed by atoms with Gasteiger partial charge in [-0.15, -0.1) is 0 Å². The highest BCUT2D eigenvalue weighted by atomic mass is 16.3. The second kappa shape index (κ2) is 3.73. The van der Waals surface area contributed by atoms with E-state index in [1.807, 2.05) is 0 Å². The minimum Gasteiger partial charge on any atom is -0.393 e. The molecular formula is C6H12BNO2. The SMILES string of the molecule is O=CBN1CCC(O)CC1. The fraction of sp³-hybridized carbons (Fsp3) is 0.833. The molecule has 3 nitrogen and oxygen atoms in total. The molecule has 1 aliphatic heterocycles. The third-order valence-electron chi connectivity index (χ3n) is 1.89. The molecule has 0 aromatic rings. The van der Waals surface area contributed by atoms with Gasteiger partial charge in [0.15, 0.2) is 0 Å². The van der Waals surface area contributed by atoms with Crippen LogP contribution in [-0.2, 0) is 4.79 Å². The lowest BCUT2D eigenvalue weighted by atomic mass is 9.90. The third kappa shape index (κ3) is 2.12. The van der Waals surface area contributed by atoms with E-state index < -0.39 is 0 Å². The van der Waals surface area contributed by atoms with E-state index in [0.29, 0.717) is 7.41 Å². The van der Waals surface area contributed by atoms with E-state index in [4.69, 9.17) is 5.11 Å². The number of rotatable bonds is 2. The predicted octanol–water partition coefficient (Wildman–Crippen LogP) is -1.02. The van der Waals surface area contributed by atoms with Crippen molar-refractivity contribution in [2.24, 2.45) is 0 Å². The van der Waals surface area contributed by atoms with Crippen LogP contribution in [-0.4, -0.2) is 42.7 Å². The quantitative estimate of drug-likeness (QED) is 0.395. The maximum atomic E-state index is 10.1. The normalized spacial score (nSPS) is 22.5. The molecule has 0 bridgehead atoms. The molecule has 56 valence electrons. The average molecular weight is 141 g/mol. The lowest BCUT2D eigenvalue weighted by Crippen LogP contribution is -2.38. The van der Waals surface area contributed by atoms with Gasteiger partial charge in [0, 0.05) is 0 Å². The molecule has 0 radical (unpaired) electrons. The zero-order valence-corrected chi connectivity index (χ0v) is 5.99. The highest BCUT2D eigenvalue weighted by Gasteiger charge is 2.16. The van der Waals surface area contributed by atoms with Gasteiger partial charge in [-0.25, -0.2) is 0 Å². The molecule has 10 heavy (non-hydrogen) atoms. The van der Waals surface area contributed by atoms with Crippen LogP contribution in [0.3, 0.4) is 0 Å². The average Bonchev–Trinajstić information content (AvgIpc) is 1.95. The van der Waals surface area contributed by atoms with Gasteiger partial charge in [-0.3, -0.25) is 0 Å². The summed E-state index contributed by atoms with van der Waals surface area (Å²) in [5, 5.41) is 9.08. The number of hydrogen-bond donors (Lipinski definition) is 1. The van der Waals surface area contributed by atoms with E-state index in [0.717, 1.165) is 32.1 Å². The summed E-state index contributed by atoms with van der Waals surface area (Å²) in [5.41, 5.74) is 0. The molecule has 0 saturated carbocycles. The molecule has 0 aliphatic carbocycles. The number of carbonyl (C=O) groups excluding carboxylic acids is 1. The molecule has 4 heteroatoms. The zero-order chi connectivity index (χ0) is 7.40. The van der Waals surface area contributed by atoms with E-state index in [-0.39, 0.29) is 6.10 Å². The molecule has 0 aromatic heterocycles. The van der Waals surface area contributed by atoms with Crippen molar-refractivity contribution in [3.8, 4) is 0 Å². The summed E-state index contributed by atoms with van der Waals surface area (Å²) in [5.74, 6) is 0. The van der Waals surface area contributed by atoms with Gasteiger partial charge in [-0.2, -0.15) is 0 Å². The molecule has 1 heterocycles. The van der Waals surface area contributed by atoms with Gasteiger partial charge in [0.25, 0.3) is 7.41 Å². The largest absolute Gasteiger partial charge is 0.393 e. The molecular weight excluding hydrogens is 129 g/mol. The second-order valence-corrected chi connectivity index (χ2v) is 2.70. The van der Waals surface area contributed by atoms with Crippen molar-refractivity contribution in [1.82, 2.24) is 4.81 Å². The maximum absolute atomic E-state index is 10.1. The second-order valence-electron chi connectivity index (χ2n) is 2.70. The smallest absolute Gasteiger partial charge is 0.281 e. The Morgan fingerprint density at radius 3 is 2.60 bits per heavy atom. The van der Waals surface area contributed by atoms with Crippen LogP contribution in [0.25, 0.3) is 0 Å². The van der Waals surface area contributed by atoms with E-state index in [2.05, 4.69) is 4.81 Å². The monoisotopic (exact) mass is 141 g/mol. The van der Waals surface area contributed by atoms with Crippen LogP contribution >= 0.6 is 0 Å². The molecule has 0 spiro atoms. The Hall–Kier alpha value is -0.345. The highest BCUT2D eigenvalue weighted by Crippen LogP contribution is 2.07. The molecule has 1 aliphatic rings. The van der Waals surface area contributed by atoms with Gasteiger partial charge in [0.1, 0.15) is 0 Å². The fourth-order valence-corrected chi connectivity index (χ4v) is 1.21. The minimum absolute atomic E-state index is 0.136. The number of aliphatic hydroxyl groups is 1. The van der Waals surface area contributed by atoms with Crippen molar-refractivity contribution in [2.45, 2.75) is 18.9 Å². The Morgan fingerprint density at radius 1 is 1.50 bits per heavy atom. The number of hydrogen-bond acceptors (Lipinski definition) is 3. The van der Waals surface area contributed by atoms with Crippen molar-refractivity contribution in [2.75, 3.05) is 13.1 Å². The van der Waals surface area contributed by atoms with Crippen LogP contribution in [0, 0.1) is 0 Å². The van der Waals surface area contributed by atoms with Gasteiger partial charge >= 0.3 is 0 Å². The molecule has 0 aromatic carbocycles. The number of piperidine rings is 1. The summed E-state index contributed by atoms with van der Waals surface area (Å²) < 4.78 is 0. The first-order chi connectivity index (χ1) is 4.83. The minimum atomic E-state index is -0.136. The number of nitrogens with zero attached hydrogens (tertiary/aromatic N) is 1. The van der Waals surface area contributed by atoms with Crippen LogP contribution in [0.2, 0.25) is 0 Å². The Balaban J connectivity index is 2.19. The molecule has 1 saturated heterocycles. The standard InChI is InChI=1S/C6H12BNO2/c9-5-7-8-3-1-6(10)2-4-8/h5-7,10H,1-4H2. The molecule has 0 amide bonds. The Morgan fingerprint density at radius 2 is 2.10 bits per heavy atom. The maximum Gasteiger partial charge on any atom is 0.281 e. The van der Waals surface area contributed by atoms with Crippen molar-refractivity contribution in [3.05, 3.63) is 0 Å². The number of carbonyl (C=O) groups is 1. The highest BCUT2D eigenvalue weighted by molar-refractivity contribution is 6.64. The Bertz CT molecular complexity index is 112. The summed E-state index contributed by atoms with van der Waals surface area (Å²) in [6.45, 7) is 1.72.